The van der Waals surface area contributed by atoms with Crippen LogP contribution in [-0.4, -0.2) is 20.2 Å². The number of rotatable bonds is 2. The van der Waals surface area contributed by atoms with Crippen LogP contribution in [0.1, 0.15) is 43.7 Å². The summed E-state index contributed by atoms with van der Waals surface area (Å²) in [4.78, 5) is 0. The lowest BCUT2D eigenvalue weighted by molar-refractivity contribution is 0.327. The molecule has 5 nitrogen and oxygen atoms in total. The predicted molar refractivity (Wildman–Crippen MR) is 74.5 cm³/mol. The number of nitrogens with zero attached hydrogens (tertiary/aromatic N) is 4. The Morgan fingerprint density at radius 3 is 2.79 bits per heavy atom. The van der Waals surface area contributed by atoms with Crippen molar-refractivity contribution in [3.63, 3.8) is 0 Å². The van der Waals surface area contributed by atoms with E-state index in [1.807, 2.05) is 16.8 Å². The minimum atomic E-state index is 0.415. The number of aryl methyl sites for hydroxylation is 1. The van der Waals surface area contributed by atoms with Crippen molar-refractivity contribution in [2.24, 2.45) is 0 Å². The lowest BCUT2D eigenvalue weighted by atomic mass is 9.95. The van der Waals surface area contributed by atoms with Crippen molar-refractivity contribution in [3.05, 3.63) is 23.8 Å². The first-order chi connectivity index (χ1) is 9.25. The fourth-order valence-electron chi connectivity index (χ4n) is 2.81. The van der Waals surface area contributed by atoms with Gasteiger partial charge < -0.3 is 5.73 Å². The number of hydrogen-bond acceptors (Lipinski definition) is 4. The summed E-state index contributed by atoms with van der Waals surface area (Å²) in [5.41, 5.74) is 8.91. The summed E-state index contributed by atoms with van der Waals surface area (Å²) < 4.78 is 1.96. The highest BCUT2D eigenvalue weighted by Gasteiger charge is 2.21. The van der Waals surface area contributed by atoms with Gasteiger partial charge in [0, 0.05) is 11.3 Å². The van der Waals surface area contributed by atoms with E-state index >= 15 is 0 Å². The number of nitrogens with two attached hydrogens (primary N) is 1. The van der Waals surface area contributed by atoms with Crippen LogP contribution in [0.3, 0.4) is 0 Å². The molecule has 0 spiro atoms. The summed E-state index contributed by atoms with van der Waals surface area (Å²) in [6.07, 6.45) is 6.15. The number of nitrogen functional groups attached to an aromatic ring is 1. The second-order valence-corrected chi connectivity index (χ2v) is 5.33. The average Bonchev–Trinajstić information content (AvgIpc) is 2.91. The summed E-state index contributed by atoms with van der Waals surface area (Å²) in [6.45, 7) is 2.05. The van der Waals surface area contributed by atoms with Gasteiger partial charge >= 0.3 is 0 Å². The molecule has 1 aliphatic rings. The Kier molecular flexibility index (Phi) is 3.19. The Morgan fingerprint density at radius 1 is 1.21 bits per heavy atom. The highest BCUT2D eigenvalue weighted by atomic mass is 15.5. The molecule has 2 N–H and O–H groups in total. The second-order valence-electron chi connectivity index (χ2n) is 5.33. The van der Waals surface area contributed by atoms with Gasteiger partial charge in [0.1, 0.15) is 0 Å². The van der Waals surface area contributed by atoms with Crippen LogP contribution >= 0.6 is 0 Å². The molecule has 1 aromatic carbocycles. The van der Waals surface area contributed by atoms with Crippen molar-refractivity contribution >= 4 is 5.69 Å². The standard InChI is InChI=1S/C14H19N5/c1-10-7-8-13(15)12(9-10)14-16-17-18-19(14)11-5-3-2-4-6-11/h7-9,11H,2-6,15H2,1H3. The Hall–Kier alpha value is -1.91. The molecule has 19 heavy (non-hydrogen) atoms. The molecule has 0 aliphatic heterocycles. The van der Waals surface area contributed by atoms with Crippen molar-refractivity contribution in [3.8, 4) is 11.4 Å². The molecule has 0 unspecified atom stereocenters. The molecule has 100 valence electrons. The monoisotopic (exact) mass is 257 g/mol. The Morgan fingerprint density at radius 2 is 2.00 bits per heavy atom. The zero-order chi connectivity index (χ0) is 13.2. The number of aromatic nitrogens is 4. The van der Waals surface area contributed by atoms with Gasteiger partial charge in [-0.2, -0.15) is 0 Å². The van der Waals surface area contributed by atoms with Crippen LogP contribution in [-0.2, 0) is 0 Å². The third kappa shape index (κ3) is 2.32. The van der Waals surface area contributed by atoms with E-state index in [9.17, 15) is 0 Å². The molecular weight excluding hydrogens is 238 g/mol. The van der Waals surface area contributed by atoms with E-state index in [-0.39, 0.29) is 0 Å². The molecular formula is C14H19N5. The zero-order valence-electron chi connectivity index (χ0n) is 11.2. The Bertz CT molecular complexity index is 569. The minimum Gasteiger partial charge on any atom is -0.398 e. The number of benzene rings is 1. The van der Waals surface area contributed by atoms with Crippen LogP contribution in [0, 0.1) is 6.92 Å². The molecule has 0 saturated heterocycles. The van der Waals surface area contributed by atoms with Gasteiger partial charge in [0.15, 0.2) is 5.82 Å². The van der Waals surface area contributed by atoms with E-state index in [2.05, 4.69) is 28.5 Å². The van der Waals surface area contributed by atoms with Gasteiger partial charge in [-0.1, -0.05) is 30.9 Å². The highest BCUT2D eigenvalue weighted by Crippen LogP contribution is 2.32. The average molecular weight is 257 g/mol. The maximum absolute atomic E-state index is 6.07. The molecule has 1 saturated carbocycles. The van der Waals surface area contributed by atoms with Crippen LogP contribution in [0.5, 0.6) is 0 Å². The Balaban J connectivity index is 2.01. The lowest BCUT2D eigenvalue weighted by Crippen LogP contribution is -2.15. The van der Waals surface area contributed by atoms with Crippen LogP contribution in [0.4, 0.5) is 5.69 Å². The van der Waals surface area contributed by atoms with Crippen molar-refractivity contribution in [1.82, 2.24) is 20.2 Å². The first-order valence-corrected chi connectivity index (χ1v) is 6.90. The number of hydrogen-bond donors (Lipinski definition) is 1. The highest BCUT2D eigenvalue weighted by molar-refractivity contribution is 5.72. The third-order valence-electron chi connectivity index (χ3n) is 3.86. The van der Waals surface area contributed by atoms with Gasteiger partial charge in [-0.25, -0.2) is 4.68 Å². The summed E-state index contributed by atoms with van der Waals surface area (Å²) in [7, 11) is 0. The normalized spacial score (nSPS) is 16.7. The van der Waals surface area contributed by atoms with Gasteiger partial charge in [-0.3, -0.25) is 0 Å². The topological polar surface area (TPSA) is 69.6 Å². The quantitative estimate of drug-likeness (QED) is 0.840. The maximum Gasteiger partial charge on any atom is 0.184 e. The molecule has 1 aliphatic carbocycles. The van der Waals surface area contributed by atoms with E-state index in [1.165, 1.54) is 24.8 Å². The van der Waals surface area contributed by atoms with Crippen molar-refractivity contribution < 1.29 is 0 Å². The molecule has 0 bridgehead atoms. The number of tetrazole rings is 1. The van der Waals surface area contributed by atoms with Gasteiger partial charge in [0.05, 0.1) is 6.04 Å². The first-order valence-electron chi connectivity index (χ1n) is 6.90. The maximum atomic E-state index is 6.07. The molecule has 1 aromatic heterocycles. The lowest BCUT2D eigenvalue weighted by Gasteiger charge is -2.22. The van der Waals surface area contributed by atoms with E-state index in [1.54, 1.807) is 0 Å². The fraction of sp³-hybridized carbons (Fsp3) is 0.500. The SMILES string of the molecule is Cc1ccc(N)c(-c2nnnn2C2CCCCC2)c1. The van der Waals surface area contributed by atoms with E-state index < -0.39 is 0 Å². The largest absolute Gasteiger partial charge is 0.398 e. The smallest absolute Gasteiger partial charge is 0.184 e. The minimum absolute atomic E-state index is 0.415. The van der Waals surface area contributed by atoms with Gasteiger partial charge in [-0.05, 0) is 42.3 Å². The molecule has 3 rings (SSSR count). The Labute approximate surface area is 112 Å². The molecule has 0 atom stereocenters. The van der Waals surface area contributed by atoms with Crippen LogP contribution < -0.4 is 5.73 Å². The van der Waals surface area contributed by atoms with Crippen LogP contribution in [0.15, 0.2) is 18.2 Å². The van der Waals surface area contributed by atoms with Gasteiger partial charge in [0.2, 0.25) is 0 Å². The van der Waals surface area contributed by atoms with Crippen LogP contribution in [0.2, 0.25) is 0 Å². The van der Waals surface area contributed by atoms with Gasteiger partial charge in [0.25, 0.3) is 0 Å². The van der Waals surface area contributed by atoms with Crippen molar-refractivity contribution in [1.29, 1.82) is 0 Å². The molecule has 1 heterocycles. The van der Waals surface area contributed by atoms with Gasteiger partial charge in [-0.15, -0.1) is 5.10 Å². The van der Waals surface area contributed by atoms with Crippen molar-refractivity contribution in [2.75, 3.05) is 5.73 Å². The summed E-state index contributed by atoms with van der Waals surface area (Å²) in [5.74, 6) is 0.799. The summed E-state index contributed by atoms with van der Waals surface area (Å²) in [6, 6.07) is 6.40. The predicted octanol–water partition coefficient (Wildman–Crippen LogP) is 2.74. The van der Waals surface area contributed by atoms with Crippen molar-refractivity contribution in [2.45, 2.75) is 45.1 Å². The van der Waals surface area contributed by atoms with Crippen LogP contribution in [0.25, 0.3) is 11.4 Å². The summed E-state index contributed by atoms with van der Waals surface area (Å²) in [5, 5.41) is 12.2. The second kappa shape index (κ2) is 4.99. The van der Waals surface area contributed by atoms with E-state index in [4.69, 9.17) is 5.73 Å². The fourth-order valence-corrected chi connectivity index (χ4v) is 2.81. The first kappa shape index (κ1) is 12.1. The molecule has 0 amide bonds. The molecule has 1 fully saturated rings. The third-order valence-corrected chi connectivity index (χ3v) is 3.86. The number of anilines is 1. The van der Waals surface area contributed by atoms with E-state index in [0.29, 0.717) is 6.04 Å². The summed E-state index contributed by atoms with van der Waals surface area (Å²) >= 11 is 0. The molecule has 5 heteroatoms. The molecule has 0 radical (unpaired) electrons. The molecule has 2 aromatic rings. The van der Waals surface area contributed by atoms with E-state index in [0.717, 1.165) is 29.9 Å². The zero-order valence-corrected chi connectivity index (χ0v) is 11.2.